The molecule has 7 heteroatoms. The van der Waals surface area contributed by atoms with E-state index >= 15 is 0 Å². The molecule has 0 aliphatic carbocycles. The van der Waals surface area contributed by atoms with Gasteiger partial charge in [0.1, 0.15) is 0 Å². The molecule has 0 bridgehead atoms. The molecular formula is C11H12F2N2O3. The molecule has 2 N–H and O–H groups in total. The number of carbonyl (C=O) groups excluding carboxylic acids is 1. The number of rotatable bonds is 4. The van der Waals surface area contributed by atoms with Crippen molar-refractivity contribution >= 4 is 11.6 Å². The third kappa shape index (κ3) is 2.86. The second-order valence-electron chi connectivity index (χ2n) is 3.73. The predicted octanol–water partition coefficient (Wildman–Crippen LogP) is 1.56. The molecule has 0 saturated carbocycles. The fourth-order valence-electron chi connectivity index (χ4n) is 1.49. The molecule has 2 rings (SSSR count). The van der Waals surface area contributed by atoms with E-state index < -0.39 is 6.29 Å². The number of fused-ring (bicyclic) bond motifs is 1. The van der Waals surface area contributed by atoms with E-state index in [1.165, 1.54) is 18.2 Å². The summed E-state index contributed by atoms with van der Waals surface area (Å²) in [5.41, 5.74) is 0.385. The van der Waals surface area contributed by atoms with Crippen LogP contribution in [0.2, 0.25) is 0 Å². The molecule has 98 valence electrons. The number of ether oxygens (including phenoxy) is 2. The molecule has 18 heavy (non-hydrogen) atoms. The minimum atomic E-state index is -3.64. The molecule has 0 fully saturated rings. The van der Waals surface area contributed by atoms with E-state index in [2.05, 4.69) is 20.1 Å². The summed E-state index contributed by atoms with van der Waals surface area (Å²) in [4.78, 5) is 11.4. The van der Waals surface area contributed by atoms with Gasteiger partial charge < -0.3 is 20.1 Å². The largest absolute Gasteiger partial charge is 0.586 e. The van der Waals surface area contributed by atoms with Crippen LogP contribution in [-0.4, -0.2) is 25.8 Å². The van der Waals surface area contributed by atoms with Crippen LogP contribution in [0.25, 0.3) is 0 Å². The molecule has 1 amide bonds. The Balaban J connectivity index is 2.03. The smallest absolute Gasteiger partial charge is 0.395 e. The van der Waals surface area contributed by atoms with Gasteiger partial charge in [-0.3, -0.25) is 4.79 Å². The van der Waals surface area contributed by atoms with E-state index in [9.17, 15) is 13.6 Å². The number of halogens is 2. The Bertz CT molecular complexity index is 466. The third-order valence-electron chi connectivity index (χ3n) is 2.29. The molecule has 0 atom stereocenters. The fourth-order valence-corrected chi connectivity index (χ4v) is 1.49. The summed E-state index contributed by atoms with van der Waals surface area (Å²) in [6, 6.07) is 4.10. The second kappa shape index (κ2) is 4.77. The number of carbonyl (C=O) groups is 1. The summed E-state index contributed by atoms with van der Waals surface area (Å²) in [6.07, 6.45) is -3.35. The molecule has 1 aliphatic heterocycles. The van der Waals surface area contributed by atoms with Crippen LogP contribution in [0.3, 0.4) is 0 Å². The fraction of sp³-hybridized carbons (Fsp3) is 0.364. The van der Waals surface area contributed by atoms with Gasteiger partial charge in [-0.05, 0) is 19.2 Å². The maximum absolute atomic E-state index is 12.8. The van der Waals surface area contributed by atoms with Crippen LogP contribution in [0.5, 0.6) is 11.5 Å². The third-order valence-corrected chi connectivity index (χ3v) is 2.29. The number of hydrogen-bond donors (Lipinski definition) is 2. The quantitative estimate of drug-likeness (QED) is 0.860. The van der Waals surface area contributed by atoms with Crippen molar-refractivity contribution in [2.24, 2.45) is 0 Å². The first-order chi connectivity index (χ1) is 8.50. The Labute approximate surface area is 102 Å². The van der Waals surface area contributed by atoms with E-state index in [-0.39, 0.29) is 17.4 Å². The number of amides is 1. The standard InChI is InChI=1S/C11H12F2N2O3/c1-14-5-4-10(16)15-7-2-3-8-9(6-7)18-11(12,13)17-8/h2-3,6,14H,4-5H2,1H3,(H,15,16). The molecule has 5 nitrogen and oxygen atoms in total. The summed E-state index contributed by atoms with van der Waals surface area (Å²) >= 11 is 0. The second-order valence-corrected chi connectivity index (χ2v) is 3.73. The summed E-state index contributed by atoms with van der Waals surface area (Å²) in [6.45, 7) is 0.536. The lowest BCUT2D eigenvalue weighted by molar-refractivity contribution is -0.286. The lowest BCUT2D eigenvalue weighted by atomic mass is 10.2. The Hall–Kier alpha value is -1.89. The van der Waals surface area contributed by atoms with Gasteiger partial charge in [-0.2, -0.15) is 0 Å². The van der Waals surface area contributed by atoms with Gasteiger partial charge in [-0.1, -0.05) is 0 Å². The highest BCUT2D eigenvalue weighted by molar-refractivity contribution is 5.91. The SMILES string of the molecule is CNCCC(=O)Nc1ccc2c(c1)OC(F)(F)O2. The summed E-state index contributed by atoms with van der Waals surface area (Å²) < 4.78 is 34.0. The molecule has 0 saturated heterocycles. The Kier molecular flexibility index (Phi) is 3.33. The van der Waals surface area contributed by atoms with Gasteiger partial charge in [0.05, 0.1) is 0 Å². The van der Waals surface area contributed by atoms with Crippen molar-refractivity contribution in [1.29, 1.82) is 0 Å². The highest BCUT2D eigenvalue weighted by Crippen LogP contribution is 2.42. The van der Waals surface area contributed by atoms with Crippen LogP contribution in [0.15, 0.2) is 18.2 Å². The zero-order valence-corrected chi connectivity index (χ0v) is 9.63. The minimum Gasteiger partial charge on any atom is -0.395 e. The Morgan fingerprint density at radius 3 is 2.78 bits per heavy atom. The van der Waals surface area contributed by atoms with Crippen molar-refractivity contribution in [3.63, 3.8) is 0 Å². The topological polar surface area (TPSA) is 59.6 Å². The van der Waals surface area contributed by atoms with Crippen molar-refractivity contribution < 1.29 is 23.0 Å². The van der Waals surface area contributed by atoms with Crippen LogP contribution >= 0.6 is 0 Å². The first kappa shape index (κ1) is 12.6. The number of nitrogens with one attached hydrogen (secondary N) is 2. The number of alkyl halides is 2. The summed E-state index contributed by atoms with van der Waals surface area (Å²) in [7, 11) is 1.73. The molecule has 1 aliphatic rings. The van der Waals surface area contributed by atoms with E-state index in [0.717, 1.165) is 0 Å². The van der Waals surface area contributed by atoms with E-state index in [4.69, 9.17) is 0 Å². The number of anilines is 1. The summed E-state index contributed by atoms with van der Waals surface area (Å²) in [5.74, 6) is -0.352. The lowest BCUT2D eigenvalue weighted by Crippen LogP contribution is -2.25. The molecule has 1 aromatic carbocycles. The lowest BCUT2D eigenvalue weighted by Gasteiger charge is -2.05. The van der Waals surface area contributed by atoms with Gasteiger partial charge in [-0.25, -0.2) is 0 Å². The zero-order chi connectivity index (χ0) is 13.2. The van der Waals surface area contributed by atoms with E-state index in [0.29, 0.717) is 18.7 Å². The molecule has 1 aromatic rings. The van der Waals surface area contributed by atoms with Gasteiger partial charge in [0, 0.05) is 24.7 Å². The average Bonchev–Trinajstić information content (AvgIpc) is 2.59. The van der Waals surface area contributed by atoms with Gasteiger partial charge >= 0.3 is 6.29 Å². The highest BCUT2D eigenvalue weighted by Gasteiger charge is 2.43. The maximum atomic E-state index is 12.8. The normalized spacial score (nSPS) is 15.5. The molecule has 0 radical (unpaired) electrons. The molecular weight excluding hydrogens is 246 g/mol. The van der Waals surface area contributed by atoms with Crippen LogP contribution in [0.4, 0.5) is 14.5 Å². The Morgan fingerprint density at radius 1 is 1.33 bits per heavy atom. The van der Waals surface area contributed by atoms with Crippen LogP contribution < -0.4 is 20.1 Å². The number of benzene rings is 1. The van der Waals surface area contributed by atoms with Crippen LogP contribution in [0.1, 0.15) is 6.42 Å². The first-order valence-corrected chi connectivity index (χ1v) is 5.34. The van der Waals surface area contributed by atoms with Crippen molar-refractivity contribution in [2.75, 3.05) is 18.9 Å². The minimum absolute atomic E-state index is 0.0479. The van der Waals surface area contributed by atoms with Gasteiger partial charge in [0.2, 0.25) is 5.91 Å². The first-order valence-electron chi connectivity index (χ1n) is 5.34. The predicted molar refractivity (Wildman–Crippen MR) is 59.8 cm³/mol. The Morgan fingerprint density at radius 2 is 2.06 bits per heavy atom. The van der Waals surface area contributed by atoms with Crippen LogP contribution in [0, 0.1) is 0 Å². The highest BCUT2D eigenvalue weighted by atomic mass is 19.3. The average molecular weight is 258 g/mol. The molecule has 0 spiro atoms. The van der Waals surface area contributed by atoms with E-state index in [1.807, 2.05) is 0 Å². The van der Waals surface area contributed by atoms with Gasteiger partial charge in [0.25, 0.3) is 0 Å². The van der Waals surface area contributed by atoms with Crippen molar-refractivity contribution in [1.82, 2.24) is 5.32 Å². The monoisotopic (exact) mass is 258 g/mol. The maximum Gasteiger partial charge on any atom is 0.586 e. The van der Waals surface area contributed by atoms with Crippen molar-refractivity contribution in [3.05, 3.63) is 18.2 Å². The molecule has 0 aromatic heterocycles. The number of hydrogen-bond acceptors (Lipinski definition) is 4. The molecule has 0 unspecified atom stereocenters. The van der Waals surface area contributed by atoms with Gasteiger partial charge in [0.15, 0.2) is 11.5 Å². The van der Waals surface area contributed by atoms with E-state index in [1.54, 1.807) is 7.05 Å². The van der Waals surface area contributed by atoms with Crippen molar-refractivity contribution in [2.45, 2.75) is 12.7 Å². The van der Waals surface area contributed by atoms with Crippen molar-refractivity contribution in [3.8, 4) is 11.5 Å². The summed E-state index contributed by atoms with van der Waals surface area (Å²) in [5, 5.41) is 5.41. The zero-order valence-electron chi connectivity index (χ0n) is 9.63. The van der Waals surface area contributed by atoms with Gasteiger partial charge in [-0.15, -0.1) is 8.78 Å². The molecule has 1 heterocycles. The van der Waals surface area contributed by atoms with Crippen LogP contribution in [-0.2, 0) is 4.79 Å².